The number of para-hydroxylation sites is 2. The highest BCUT2D eigenvalue weighted by molar-refractivity contribution is 8.00. The zero-order chi connectivity index (χ0) is 24.1. The fourth-order valence-electron chi connectivity index (χ4n) is 3.44. The standard InChI is InChI=1S/C23H25F2N5O3S/c1-15-7-9-17(10-8-15)30-22(29-11-13-32-14-12-29)27-28-23(30)34-16(2)20(31)26-18-5-3-4-6-19(18)33-21(24)25/h3-10,16,21H,11-14H2,1-2H3,(H,26,31). The fourth-order valence-corrected chi connectivity index (χ4v) is 4.30. The first kappa shape index (κ1) is 24.0. The molecule has 1 unspecified atom stereocenters. The minimum atomic E-state index is -2.99. The lowest BCUT2D eigenvalue weighted by Crippen LogP contribution is -2.38. The molecule has 1 atom stereocenters. The van der Waals surface area contributed by atoms with Crippen LogP contribution in [0.5, 0.6) is 5.75 Å². The largest absolute Gasteiger partial charge is 0.433 e. The van der Waals surface area contributed by atoms with Crippen molar-refractivity contribution >= 4 is 29.3 Å². The highest BCUT2D eigenvalue weighted by atomic mass is 32.2. The summed E-state index contributed by atoms with van der Waals surface area (Å²) >= 11 is 1.23. The van der Waals surface area contributed by atoms with Crippen LogP contribution in [0.2, 0.25) is 0 Å². The zero-order valence-corrected chi connectivity index (χ0v) is 19.6. The maximum absolute atomic E-state index is 12.9. The molecule has 8 nitrogen and oxygen atoms in total. The number of carbonyl (C=O) groups is 1. The number of halogens is 2. The van der Waals surface area contributed by atoms with Gasteiger partial charge in [0.05, 0.1) is 29.8 Å². The second-order valence-electron chi connectivity index (χ2n) is 7.68. The van der Waals surface area contributed by atoms with E-state index in [1.165, 1.54) is 23.9 Å². The summed E-state index contributed by atoms with van der Waals surface area (Å²) in [4.78, 5) is 15.0. The maximum Gasteiger partial charge on any atom is 0.387 e. The van der Waals surface area contributed by atoms with Gasteiger partial charge >= 0.3 is 6.61 Å². The van der Waals surface area contributed by atoms with E-state index < -0.39 is 11.9 Å². The first-order valence-electron chi connectivity index (χ1n) is 10.8. The molecule has 1 amide bonds. The molecule has 0 radical (unpaired) electrons. The minimum absolute atomic E-state index is 0.0968. The van der Waals surface area contributed by atoms with Crippen molar-refractivity contribution in [1.82, 2.24) is 14.8 Å². The lowest BCUT2D eigenvalue weighted by atomic mass is 10.2. The summed E-state index contributed by atoms with van der Waals surface area (Å²) in [7, 11) is 0. The van der Waals surface area contributed by atoms with E-state index >= 15 is 0 Å². The molecule has 1 aromatic heterocycles. The summed E-state index contributed by atoms with van der Waals surface area (Å²) in [6, 6.07) is 14.0. The first-order valence-corrected chi connectivity index (χ1v) is 11.7. The van der Waals surface area contributed by atoms with Gasteiger partial charge in [-0.25, -0.2) is 0 Å². The molecule has 4 rings (SSSR count). The number of rotatable bonds is 8. The number of hydrogen-bond acceptors (Lipinski definition) is 7. The third-order valence-electron chi connectivity index (χ3n) is 5.21. The lowest BCUT2D eigenvalue weighted by molar-refractivity contribution is -0.115. The van der Waals surface area contributed by atoms with Crippen LogP contribution < -0.4 is 15.0 Å². The highest BCUT2D eigenvalue weighted by Crippen LogP contribution is 2.31. The molecule has 34 heavy (non-hydrogen) atoms. The van der Waals surface area contributed by atoms with Crippen LogP contribution in [-0.2, 0) is 9.53 Å². The Kier molecular flexibility index (Phi) is 7.63. The Bertz CT molecular complexity index is 1120. The van der Waals surface area contributed by atoms with Crippen LogP contribution in [0.1, 0.15) is 12.5 Å². The summed E-state index contributed by atoms with van der Waals surface area (Å²) < 4.78 is 37.3. The monoisotopic (exact) mass is 489 g/mol. The number of ether oxygens (including phenoxy) is 2. The predicted molar refractivity (Wildman–Crippen MR) is 126 cm³/mol. The van der Waals surface area contributed by atoms with Crippen molar-refractivity contribution in [3.8, 4) is 11.4 Å². The van der Waals surface area contributed by atoms with Crippen LogP contribution in [0, 0.1) is 6.92 Å². The fraction of sp³-hybridized carbons (Fsp3) is 0.348. The predicted octanol–water partition coefficient (Wildman–Crippen LogP) is 4.13. The molecule has 0 spiro atoms. The lowest BCUT2D eigenvalue weighted by Gasteiger charge is -2.28. The number of thioether (sulfide) groups is 1. The Morgan fingerprint density at radius 3 is 2.53 bits per heavy atom. The molecule has 1 saturated heterocycles. The van der Waals surface area contributed by atoms with Crippen molar-refractivity contribution in [1.29, 1.82) is 0 Å². The molecule has 1 N–H and O–H groups in total. The van der Waals surface area contributed by atoms with E-state index in [4.69, 9.17) is 4.74 Å². The van der Waals surface area contributed by atoms with E-state index in [0.29, 0.717) is 37.4 Å². The van der Waals surface area contributed by atoms with Crippen molar-refractivity contribution < 1.29 is 23.0 Å². The van der Waals surface area contributed by atoms with Gasteiger partial charge in [-0.1, -0.05) is 41.6 Å². The molecule has 180 valence electrons. The number of anilines is 2. The SMILES string of the molecule is Cc1ccc(-n2c(SC(C)C(=O)Nc3ccccc3OC(F)F)nnc2N2CCOCC2)cc1. The molecule has 3 aromatic rings. The van der Waals surface area contributed by atoms with Crippen molar-refractivity contribution in [3.63, 3.8) is 0 Å². The molecule has 1 aliphatic heterocycles. The number of hydrogen-bond donors (Lipinski definition) is 1. The maximum atomic E-state index is 12.9. The summed E-state index contributed by atoms with van der Waals surface area (Å²) in [5.74, 6) is 0.208. The Labute approximate surface area is 200 Å². The average molecular weight is 490 g/mol. The topological polar surface area (TPSA) is 81.5 Å². The van der Waals surface area contributed by atoms with E-state index in [9.17, 15) is 13.6 Å². The second-order valence-corrected chi connectivity index (χ2v) is 8.98. The Morgan fingerprint density at radius 2 is 1.82 bits per heavy atom. The normalized spacial score (nSPS) is 14.8. The van der Waals surface area contributed by atoms with Gasteiger partial charge in [-0.05, 0) is 38.1 Å². The Hall–Kier alpha value is -3.18. The molecule has 0 aliphatic carbocycles. The molecule has 1 aliphatic rings. The molecular formula is C23H25F2N5O3S. The Balaban J connectivity index is 1.56. The van der Waals surface area contributed by atoms with Crippen LogP contribution in [0.4, 0.5) is 20.4 Å². The van der Waals surface area contributed by atoms with E-state index in [1.54, 1.807) is 19.1 Å². The smallest absolute Gasteiger partial charge is 0.387 e. The summed E-state index contributed by atoms with van der Waals surface area (Å²) in [6.45, 7) is 3.31. The van der Waals surface area contributed by atoms with Crippen molar-refractivity contribution in [3.05, 3.63) is 54.1 Å². The van der Waals surface area contributed by atoms with Crippen LogP contribution in [0.25, 0.3) is 5.69 Å². The number of amides is 1. The number of aryl methyl sites for hydroxylation is 1. The molecule has 2 heterocycles. The van der Waals surface area contributed by atoms with Gasteiger partial charge in [-0.2, -0.15) is 8.78 Å². The molecular weight excluding hydrogens is 464 g/mol. The minimum Gasteiger partial charge on any atom is -0.433 e. The number of aromatic nitrogens is 3. The summed E-state index contributed by atoms with van der Waals surface area (Å²) in [5.41, 5.74) is 2.17. The van der Waals surface area contributed by atoms with Crippen molar-refractivity contribution in [2.75, 3.05) is 36.5 Å². The third kappa shape index (κ3) is 5.65. The quantitative estimate of drug-likeness (QED) is 0.477. The van der Waals surface area contributed by atoms with E-state index in [2.05, 4.69) is 25.2 Å². The summed E-state index contributed by atoms with van der Waals surface area (Å²) in [5, 5.41) is 11.4. The van der Waals surface area contributed by atoms with Crippen LogP contribution in [0.3, 0.4) is 0 Å². The number of alkyl halides is 2. The van der Waals surface area contributed by atoms with E-state index in [-0.39, 0.29) is 17.3 Å². The van der Waals surface area contributed by atoms with Gasteiger partial charge < -0.3 is 19.7 Å². The first-order chi connectivity index (χ1) is 16.4. The zero-order valence-electron chi connectivity index (χ0n) is 18.8. The Morgan fingerprint density at radius 1 is 1.12 bits per heavy atom. The van der Waals surface area contributed by atoms with Gasteiger partial charge in [-0.3, -0.25) is 9.36 Å². The molecule has 0 saturated carbocycles. The number of morpholine rings is 1. The van der Waals surface area contributed by atoms with Gasteiger partial charge in [0.15, 0.2) is 5.16 Å². The number of carbonyl (C=O) groups excluding carboxylic acids is 1. The van der Waals surface area contributed by atoms with Crippen molar-refractivity contribution in [2.24, 2.45) is 0 Å². The van der Waals surface area contributed by atoms with E-state index in [1.807, 2.05) is 35.8 Å². The van der Waals surface area contributed by atoms with E-state index in [0.717, 1.165) is 11.3 Å². The number of benzene rings is 2. The second kappa shape index (κ2) is 10.8. The highest BCUT2D eigenvalue weighted by Gasteiger charge is 2.25. The van der Waals surface area contributed by atoms with Crippen LogP contribution >= 0.6 is 11.8 Å². The van der Waals surface area contributed by atoms with Gasteiger partial charge in [0.1, 0.15) is 5.75 Å². The van der Waals surface area contributed by atoms with Gasteiger partial charge in [0, 0.05) is 13.1 Å². The van der Waals surface area contributed by atoms with Crippen LogP contribution in [0.15, 0.2) is 53.7 Å². The molecule has 1 fully saturated rings. The number of nitrogens with one attached hydrogen (secondary N) is 1. The molecule has 11 heteroatoms. The molecule has 2 aromatic carbocycles. The third-order valence-corrected chi connectivity index (χ3v) is 6.26. The van der Waals surface area contributed by atoms with Gasteiger partial charge in [0.25, 0.3) is 0 Å². The van der Waals surface area contributed by atoms with Crippen LogP contribution in [-0.4, -0.2) is 58.8 Å². The number of nitrogens with zero attached hydrogens (tertiary/aromatic N) is 4. The summed E-state index contributed by atoms with van der Waals surface area (Å²) in [6.07, 6.45) is 0. The average Bonchev–Trinajstić information content (AvgIpc) is 3.24. The molecule has 0 bridgehead atoms. The van der Waals surface area contributed by atoms with Crippen molar-refractivity contribution in [2.45, 2.75) is 30.9 Å². The van der Waals surface area contributed by atoms with Gasteiger partial charge in [0.2, 0.25) is 11.9 Å². The van der Waals surface area contributed by atoms with Gasteiger partial charge in [-0.15, -0.1) is 10.2 Å².